The van der Waals surface area contributed by atoms with Gasteiger partial charge in [-0.1, -0.05) is 30.7 Å². The summed E-state index contributed by atoms with van der Waals surface area (Å²) in [5.74, 6) is 1.42. The van der Waals surface area contributed by atoms with E-state index in [9.17, 15) is 0 Å². The Morgan fingerprint density at radius 3 is 2.76 bits per heavy atom. The molecule has 2 aromatic heterocycles. The fourth-order valence-corrected chi connectivity index (χ4v) is 4.54. The number of hydrogen-bond acceptors (Lipinski definition) is 4. The Morgan fingerprint density at radius 1 is 1.17 bits per heavy atom. The molecule has 0 amide bonds. The summed E-state index contributed by atoms with van der Waals surface area (Å²) in [6.45, 7) is 7.36. The maximum Gasteiger partial charge on any atom is 0.130 e. The zero-order chi connectivity index (χ0) is 20.1. The van der Waals surface area contributed by atoms with Crippen molar-refractivity contribution in [1.29, 1.82) is 0 Å². The molecule has 5 rings (SSSR count). The first kappa shape index (κ1) is 18.2. The summed E-state index contributed by atoms with van der Waals surface area (Å²) in [4.78, 5) is 12.6. The number of H-pyrrole nitrogens is 1. The van der Waals surface area contributed by atoms with E-state index in [1.165, 1.54) is 5.56 Å². The molecular weight excluding hydrogens is 384 g/mol. The van der Waals surface area contributed by atoms with E-state index in [4.69, 9.17) is 16.6 Å². The van der Waals surface area contributed by atoms with Gasteiger partial charge in [-0.25, -0.2) is 4.98 Å². The monoisotopic (exact) mass is 405 g/mol. The Labute approximate surface area is 174 Å². The fraction of sp³-hybridized carbons (Fsp3) is 0.318. The molecule has 1 N–H and O–H groups in total. The summed E-state index contributed by atoms with van der Waals surface area (Å²) in [5.41, 5.74) is 6.11. The van der Waals surface area contributed by atoms with Gasteiger partial charge < -0.3 is 9.88 Å². The van der Waals surface area contributed by atoms with Gasteiger partial charge in [0.05, 0.1) is 35.2 Å². The Balaban J connectivity index is 1.65. The van der Waals surface area contributed by atoms with Crippen molar-refractivity contribution in [3.63, 3.8) is 0 Å². The fourth-order valence-electron chi connectivity index (χ4n) is 4.39. The number of imidazole rings is 1. The number of fused-ring (bicyclic) bond motifs is 1. The van der Waals surface area contributed by atoms with Gasteiger partial charge in [-0.15, -0.1) is 4.80 Å². The van der Waals surface area contributed by atoms with Gasteiger partial charge in [0.1, 0.15) is 11.5 Å². The van der Waals surface area contributed by atoms with Crippen molar-refractivity contribution in [2.75, 3.05) is 11.4 Å². The van der Waals surface area contributed by atoms with Crippen molar-refractivity contribution in [2.24, 2.45) is 5.92 Å². The molecule has 6 nitrogen and oxygen atoms in total. The van der Waals surface area contributed by atoms with E-state index in [2.05, 4.69) is 46.1 Å². The van der Waals surface area contributed by atoms with Gasteiger partial charge in [-0.05, 0) is 49.4 Å². The van der Waals surface area contributed by atoms with Crippen molar-refractivity contribution in [3.05, 3.63) is 64.7 Å². The number of nitrogens with one attached hydrogen (secondary N) is 1. The number of hydrogen-bond donors (Lipinski definition) is 1. The molecule has 147 valence electrons. The molecule has 2 atom stereocenters. The minimum absolute atomic E-state index is 0.129. The molecule has 0 bridgehead atoms. The number of nitrogens with zero attached hydrogens (tertiary/aromatic N) is 5. The van der Waals surface area contributed by atoms with Gasteiger partial charge in [0.15, 0.2) is 0 Å². The van der Waals surface area contributed by atoms with Gasteiger partial charge in [-0.3, -0.25) is 0 Å². The molecule has 0 saturated carbocycles. The third kappa shape index (κ3) is 2.90. The van der Waals surface area contributed by atoms with Gasteiger partial charge in [0.25, 0.3) is 0 Å². The number of anilines is 1. The summed E-state index contributed by atoms with van der Waals surface area (Å²) in [5, 5.41) is 9.43. The lowest BCUT2D eigenvalue weighted by Gasteiger charge is -2.30. The van der Waals surface area contributed by atoms with Crippen molar-refractivity contribution >= 4 is 28.3 Å². The van der Waals surface area contributed by atoms with E-state index in [0.29, 0.717) is 5.92 Å². The number of halogens is 1. The largest absolute Gasteiger partial charge is 0.359 e. The smallest absolute Gasteiger partial charge is 0.130 e. The van der Waals surface area contributed by atoms with Crippen molar-refractivity contribution < 1.29 is 0 Å². The zero-order valence-corrected chi connectivity index (χ0v) is 17.4. The van der Waals surface area contributed by atoms with E-state index >= 15 is 0 Å². The lowest BCUT2D eigenvalue weighted by atomic mass is 10.0. The number of benzene rings is 2. The van der Waals surface area contributed by atoms with Crippen molar-refractivity contribution in [2.45, 2.75) is 33.2 Å². The molecule has 0 unspecified atom stereocenters. The van der Waals surface area contributed by atoms with Crippen LogP contribution >= 0.6 is 11.6 Å². The molecule has 0 spiro atoms. The van der Waals surface area contributed by atoms with E-state index in [0.717, 1.165) is 51.8 Å². The number of aromatic nitrogens is 5. The third-order valence-corrected chi connectivity index (χ3v) is 6.31. The predicted octanol–water partition coefficient (Wildman–Crippen LogP) is 4.80. The standard InChI is InChI=1S/C22H22ClN6/c1-13-5-4-6-18(29-24-10-11-25-29)20(13)28-12-9-14(2)21(28)22-26-17-8-7-16(23)15(3)19(17)27-22/h4-5,7-8,10-11,14,21H,9,12H2,1-3H3,(H,26,27)/t14-,21-/m0/s1. The second-order valence-corrected chi connectivity index (χ2v) is 8.18. The van der Waals surface area contributed by atoms with Crippen LogP contribution < -0.4 is 4.90 Å². The molecule has 1 aliphatic heterocycles. The molecule has 3 heterocycles. The third-order valence-electron chi connectivity index (χ3n) is 5.90. The van der Waals surface area contributed by atoms with Crippen molar-refractivity contribution in [1.82, 2.24) is 25.0 Å². The highest BCUT2D eigenvalue weighted by molar-refractivity contribution is 6.32. The lowest BCUT2D eigenvalue weighted by Crippen LogP contribution is -2.27. The summed E-state index contributed by atoms with van der Waals surface area (Å²) in [6.07, 6.45) is 4.47. The minimum atomic E-state index is 0.129. The molecule has 4 aromatic rings. The van der Waals surface area contributed by atoms with Crippen LogP contribution in [0.5, 0.6) is 0 Å². The Morgan fingerprint density at radius 2 is 1.97 bits per heavy atom. The normalized spacial score (nSPS) is 19.4. The second kappa shape index (κ2) is 6.88. The number of rotatable bonds is 3. The van der Waals surface area contributed by atoms with Crippen molar-refractivity contribution in [3.8, 4) is 5.69 Å². The average molecular weight is 406 g/mol. The number of aromatic amines is 1. The van der Waals surface area contributed by atoms with Crippen LogP contribution in [0, 0.1) is 25.8 Å². The molecule has 29 heavy (non-hydrogen) atoms. The SMILES string of the molecule is Cc1cc[c]c(-n2nccn2)c1N1CC[C@H](C)[C@H]1c1nc2c(C)c(Cl)ccc2[nH]1. The highest BCUT2D eigenvalue weighted by Gasteiger charge is 2.37. The second-order valence-electron chi connectivity index (χ2n) is 7.77. The first-order valence-electron chi connectivity index (χ1n) is 9.84. The molecule has 7 heteroatoms. The topological polar surface area (TPSA) is 62.6 Å². The first-order valence-corrected chi connectivity index (χ1v) is 10.2. The minimum Gasteiger partial charge on any atom is -0.359 e. The predicted molar refractivity (Wildman–Crippen MR) is 115 cm³/mol. The molecule has 1 fully saturated rings. The summed E-state index contributed by atoms with van der Waals surface area (Å²) in [7, 11) is 0. The molecular formula is C22H22ClN6. The van der Waals surface area contributed by atoms with Crippen LogP contribution in [0.15, 0.2) is 36.7 Å². The highest BCUT2D eigenvalue weighted by atomic mass is 35.5. The summed E-state index contributed by atoms with van der Waals surface area (Å²) in [6, 6.07) is 11.4. The van der Waals surface area contributed by atoms with Gasteiger partial charge in [-0.2, -0.15) is 10.2 Å². The van der Waals surface area contributed by atoms with Gasteiger partial charge in [0.2, 0.25) is 0 Å². The zero-order valence-electron chi connectivity index (χ0n) is 16.6. The maximum absolute atomic E-state index is 6.32. The Hall–Kier alpha value is -2.86. The molecule has 1 radical (unpaired) electrons. The van der Waals surface area contributed by atoms with E-state index in [1.807, 2.05) is 25.1 Å². The van der Waals surface area contributed by atoms with Crippen LogP contribution in [0.3, 0.4) is 0 Å². The van der Waals surface area contributed by atoms with E-state index in [1.54, 1.807) is 17.2 Å². The average Bonchev–Trinajstić information content (AvgIpc) is 3.44. The maximum atomic E-state index is 6.32. The molecule has 1 aliphatic rings. The quantitative estimate of drug-likeness (QED) is 0.531. The molecule has 0 aliphatic carbocycles. The first-order chi connectivity index (χ1) is 14.0. The number of aryl methyl sites for hydroxylation is 2. The summed E-state index contributed by atoms with van der Waals surface area (Å²) >= 11 is 6.32. The van der Waals surface area contributed by atoms with Crippen LogP contribution in [-0.2, 0) is 0 Å². The van der Waals surface area contributed by atoms with Crippen LogP contribution in [0.4, 0.5) is 5.69 Å². The Bertz CT molecular complexity index is 1180. The summed E-state index contributed by atoms with van der Waals surface area (Å²) < 4.78 is 0. The Kier molecular flexibility index (Phi) is 4.32. The van der Waals surface area contributed by atoms with Crippen LogP contribution in [-0.4, -0.2) is 31.5 Å². The van der Waals surface area contributed by atoms with Crippen LogP contribution in [0.1, 0.15) is 36.3 Å². The van der Waals surface area contributed by atoms with Gasteiger partial charge >= 0.3 is 0 Å². The van der Waals surface area contributed by atoms with Crippen LogP contribution in [0.25, 0.3) is 16.7 Å². The molecule has 2 aromatic carbocycles. The lowest BCUT2D eigenvalue weighted by molar-refractivity contribution is 0.513. The van der Waals surface area contributed by atoms with E-state index in [-0.39, 0.29) is 6.04 Å². The molecule has 1 saturated heterocycles. The van der Waals surface area contributed by atoms with E-state index < -0.39 is 0 Å². The van der Waals surface area contributed by atoms with Crippen LogP contribution in [0.2, 0.25) is 5.02 Å². The highest BCUT2D eigenvalue weighted by Crippen LogP contribution is 2.43. The van der Waals surface area contributed by atoms with Gasteiger partial charge in [0, 0.05) is 17.6 Å².